The van der Waals surface area contributed by atoms with E-state index in [9.17, 15) is 0 Å². The third-order valence-corrected chi connectivity index (χ3v) is 4.03. The van der Waals surface area contributed by atoms with Crippen molar-refractivity contribution in [2.75, 3.05) is 0 Å². The summed E-state index contributed by atoms with van der Waals surface area (Å²) in [6, 6.07) is 9.05. The van der Waals surface area contributed by atoms with E-state index in [-0.39, 0.29) is 0 Å². The van der Waals surface area contributed by atoms with Gasteiger partial charge in [0.05, 0.1) is 0 Å². The highest BCUT2D eigenvalue weighted by molar-refractivity contribution is 9.10. The normalized spacial score (nSPS) is 14.2. The minimum absolute atomic E-state index is 0.535. The number of nitrogens with zero attached hydrogens (tertiary/aromatic N) is 1. The number of hydrogen-bond donors (Lipinski definition) is 1. The second kappa shape index (κ2) is 6.58. The number of nitrogens with one attached hydrogen (secondary N) is 1. The fraction of sp³-hybridized carbons (Fsp3) is 0.353. The molecule has 3 nitrogen and oxygen atoms in total. The van der Waals surface area contributed by atoms with Crippen LogP contribution in [0.1, 0.15) is 29.5 Å². The second-order valence-electron chi connectivity index (χ2n) is 5.52. The number of aromatic nitrogens is 1. The average molecular weight is 347 g/mol. The lowest BCUT2D eigenvalue weighted by molar-refractivity contribution is 0.299. The van der Waals surface area contributed by atoms with Gasteiger partial charge in [0.2, 0.25) is 0 Å². The van der Waals surface area contributed by atoms with E-state index in [1.165, 1.54) is 24.0 Å². The Morgan fingerprint density at radius 3 is 2.95 bits per heavy atom. The van der Waals surface area contributed by atoms with E-state index in [0.717, 1.165) is 22.3 Å². The predicted octanol–water partition coefficient (Wildman–Crippen LogP) is 3.98. The summed E-state index contributed by atoms with van der Waals surface area (Å²) in [7, 11) is 0. The molecule has 4 heteroatoms. The number of ether oxygens (including phenoxy) is 1. The molecular weight excluding hydrogens is 328 g/mol. The van der Waals surface area contributed by atoms with Crippen LogP contribution in [0, 0.1) is 6.92 Å². The summed E-state index contributed by atoms with van der Waals surface area (Å²) in [5.74, 6) is 0.991. The third kappa shape index (κ3) is 4.05. The standard InChI is InChI=1S/C17H19BrN2O/c1-12-3-2-4-14(9-20-16-5-6-16)17(12)21-11-13-7-15(18)10-19-8-13/h2-4,7-8,10,16,20H,5-6,9,11H2,1H3. The molecule has 0 spiro atoms. The summed E-state index contributed by atoms with van der Waals surface area (Å²) < 4.78 is 7.04. The number of pyridine rings is 1. The van der Waals surface area contributed by atoms with Crippen molar-refractivity contribution < 1.29 is 4.74 Å². The zero-order valence-electron chi connectivity index (χ0n) is 12.1. The molecule has 0 unspecified atom stereocenters. The Hall–Kier alpha value is -1.39. The van der Waals surface area contributed by atoms with Crippen molar-refractivity contribution in [3.05, 3.63) is 57.8 Å². The van der Waals surface area contributed by atoms with Crippen molar-refractivity contribution in [3.8, 4) is 5.75 Å². The van der Waals surface area contributed by atoms with Crippen LogP contribution in [0.5, 0.6) is 5.75 Å². The van der Waals surface area contributed by atoms with Crippen LogP contribution >= 0.6 is 15.9 Å². The van der Waals surface area contributed by atoms with Crippen molar-refractivity contribution in [2.45, 2.75) is 39.0 Å². The molecule has 1 fully saturated rings. The molecule has 1 aromatic carbocycles. The number of rotatable bonds is 6. The fourth-order valence-corrected chi connectivity index (χ4v) is 2.70. The lowest BCUT2D eigenvalue weighted by atomic mass is 10.1. The first-order chi connectivity index (χ1) is 10.2. The third-order valence-electron chi connectivity index (χ3n) is 3.60. The Morgan fingerprint density at radius 1 is 1.33 bits per heavy atom. The molecule has 21 heavy (non-hydrogen) atoms. The average Bonchev–Trinajstić information content (AvgIpc) is 3.28. The molecule has 0 atom stereocenters. The van der Waals surface area contributed by atoms with Crippen LogP contribution in [0.2, 0.25) is 0 Å². The topological polar surface area (TPSA) is 34.1 Å². The van der Waals surface area contributed by atoms with Crippen LogP contribution in [-0.4, -0.2) is 11.0 Å². The molecule has 1 N–H and O–H groups in total. The Balaban J connectivity index is 1.70. The number of benzene rings is 1. The zero-order valence-corrected chi connectivity index (χ0v) is 13.7. The first-order valence-corrected chi connectivity index (χ1v) is 8.06. The van der Waals surface area contributed by atoms with Gasteiger partial charge in [-0.05, 0) is 47.3 Å². The quantitative estimate of drug-likeness (QED) is 0.858. The van der Waals surface area contributed by atoms with Crippen molar-refractivity contribution >= 4 is 15.9 Å². The summed E-state index contributed by atoms with van der Waals surface area (Å²) in [5, 5.41) is 3.55. The van der Waals surface area contributed by atoms with Crippen LogP contribution in [0.4, 0.5) is 0 Å². The summed E-state index contributed by atoms with van der Waals surface area (Å²) >= 11 is 3.44. The minimum atomic E-state index is 0.535. The van der Waals surface area contributed by atoms with Gasteiger partial charge in [0.15, 0.2) is 0 Å². The zero-order chi connectivity index (χ0) is 14.7. The summed E-state index contributed by atoms with van der Waals surface area (Å²) in [6.07, 6.45) is 6.21. The van der Waals surface area contributed by atoms with Gasteiger partial charge in [-0.25, -0.2) is 0 Å². The molecule has 2 aromatic rings. The smallest absolute Gasteiger partial charge is 0.127 e. The number of para-hydroxylation sites is 1. The van der Waals surface area contributed by atoms with Crippen LogP contribution in [0.15, 0.2) is 41.1 Å². The van der Waals surface area contributed by atoms with Gasteiger partial charge in [-0.2, -0.15) is 0 Å². The largest absolute Gasteiger partial charge is 0.488 e. The SMILES string of the molecule is Cc1cccc(CNC2CC2)c1OCc1cncc(Br)c1. The lowest BCUT2D eigenvalue weighted by Gasteiger charge is -2.14. The molecule has 0 amide bonds. The summed E-state index contributed by atoms with van der Waals surface area (Å²) in [4.78, 5) is 4.17. The van der Waals surface area contributed by atoms with Crippen molar-refractivity contribution in [3.63, 3.8) is 0 Å². The van der Waals surface area contributed by atoms with E-state index in [1.807, 2.05) is 12.3 Å². The van der Waals surface area contributed by atoms with E-state index < -0.39 is 0 Å². The molecule has 0 aliphatic heterocycles. The maximum absolute atomic E-state index is 6.06. The van der Waals surface area contributed by atoms with E-state index in [4.69, 9.17) is 4.74 Å². The van der Waals surface area contributed by atoms with Gasteiger partial charge < -0.3 is 10.1 Å². The molecular formula is C17H19BrN2O. The first kappa shape index (κ1) is 14.5. The van der Waals surface area contributed by atoms with E-state index >= 15 is 0 Å². The monoisotopic (exact) mass is 346 g/mol. The first-order valence-electron chi connectivity index (χ1n) is 7.26. The van der Waals surface area contributed by atoms with Gasteiger partial charge in [0.1, 0.15) is 12.4 Å². The fourth-order valence-electron chi connectivity index (χ4n) is 2.29. The molecule has 1 aromatic heterocycles. The minimum Gasteiger partial charge on any atom is -0.488 e. The van der Waals surface area contributed by atoms with E-state index in [1.54, 1.807) is 6.20 Å². The number of hydrogen-bond acceptors (Lipinski definition) is 3. The van der Waals surface area contributed by atoms with Gasteiger partial charge in [0.25, 0.3) is 0 Å². The van der Waals surface area contributed by atoms with Crippen LogP contribution in [0.25, 0.3) is 0 Å². The van der Waals surface area contributed by atoms with Crippen LogP contribution < -0.4 is 10.1 Å². The predicted molar refractivity (Wildman–Crippen MR) is 87.3 cm³/mol. The molecule has 1 heterocycles. The van der Waals surface area contributed by atoms with Crippen molar-refractivity contribution in [2.24, 2.45) is 0 Å². The van der Waals surface area contributed by atoms with Crippen LogP contribution in [-0.2, 0) is 13.2 Å². The lowest BCUT2D eigenvalue weighted by Crippen LogP contribution is -2.16. The van der Waals surface area contributed by atoms with Crippen molar-refractivity contribution in [1.29, 1.82) is 0 Å². The highest BCUT2D eigenvalue weighted by Crippen LogP contribution is 2.26. The number of aryl methyl sites for hydroxylation is 1. The van der Waals surface area contributed by atoms with Gasteiger partial charge in [-0.1, -0.05) is 18.2 Å². The highest BCUT2D eigenvalue weighted by Gasteiger charge is 2.20. The Morgan fingerprint density at radius 2 is 2.19 bits per heavy atom. The second-order valence-corrected chi connectivity index (χ2v) is 6.43. The maximum atomic E-state index is 6.06. The Labute approximate surface area is 133 Å². The molecule has 110 valence electrons. The Bertz CT molecular complexity index is 626. The summed E-state index contributed by atoms with van der Waals surface area (Å²) in [5.41, 5.74) is 3.46. The van der Waals surface area contributed by atoms with E-state index in [0.29, 0.717) is 12.6 Å². The number of halogens is 1. The van der Waals surface area contributed by atoms with Gasteiger partial charge >= 0.3 is 0 Å². The molecule has 1 aliphatic rings. The molecule has 0 bridgehead atoms. The molecule has 0 saturated heterocycles. The van der Waals surface area contributed by atoms with E-state index in [2.05, 4.69) is 51.4 Å². The van der Waals surface area contributed by atoms with Gasteiger partial charge in [-0.15, -0.1) is 0 Å². The molecule has 0 radical (unpaired) electrons. The van der Waals surface area contributed by atoms with Gasteiger partial charge in [-0.3, -0.25) is 4.98 Å². The van der Waals surface area contributed by atoms with Crippen molar-refractivity contribution in [1.82, 2.24) is 10.3 Å². The Kier molecular flexibility index (Phi) is 4.56. The summed E-state index contributed by atoms with van der Waals surface area (Å²) in [6.45, 7) is 3.50. The molecule has 1 aliphatic carbocycles. The molecule has 3 rings (SSSR count). The van der Waals surface area contributed by atoms with Crippen LogP contribution in [0.3, 0.4) is 0 Å². The maximum Gasteiger partial charge on any atom is 0.127 e. The van der Waals surface area contributed by atoms with Gasteiger partial charge in [0, 0.05) is 40.6 Å². The highest BCUT2D eigenvalue weighted by atomic mass is 79.9. The molecule has 1 saturated carbocycles.